The average molecular weight is 430 g/mol. The first-order valence-electron chi connectivity index (χ1n) is 8.58. The third kappa shape index (κ3) is 5.69. The number of hydrogen-bond donors (Lipinski definition) is 2. The van der Waals surface area contributed by atoms with Gasteiger partial charge in [-0.1, -0.05) is 24.3 Å². The van der Waals surface area contributed by atoms with E-state index in [1.165, 1.54) is 43.5 Å². The Morgan fingerprint density at radius 2 is 1.73 bits per heavy atom. The average Bonchev–Trinajstić information content (AvgIpc) is 2.70. The minimum Gasteiger partial charge on any atom is -0.481 e. The van der Waals surface area contributed by atoms with Gasteiger partial charge in [-0.2, -0.15) is 17.6 Å². The van der Waals surface area contributed by atoms with Gasteiger partial charge in [0.05, 0.1) is 24.7 Å². The molecule has 2 unspecified atom stereocenters. The molecule has 0 heterocycles. The molecule has 0 aliphatic heterocycles. The van der Waals surface area contributed by atoms with Gasteiger partial charge in [-0.3, -0.25) is 4.79 Å². The summed E-state index contributed by atoms with van der Waals surface area (Å²) in [6.45, 7) is 0. The molecule has 0 amide bonds. The molecule has 0 saturated carbocycles. The summed E-state index contributed by atoms with van der Waals surface area (Å²) >= 11 is 0. The number of halogens is 4. The Kier molecular flexibility index (Phi) is 7.38. The zero-order valence-corrected chi connectivity index (χ0v) is 15.6. The lowest BCUT2D eigenvalue weighted by atomic mass is 9.89. The second kappa shape index (κ2) is 9.57. The Morgan fingerprint density at radius 1 is 1.10 bits per heavy atom. The zero-order chi connectivity index (χ0) is 22.5. The largest absolute Gasteiger partial charge is 0.481 e. The number of ether oxygens (including phenoxy) is 2. The van der Waals surface area contributed by atoms with Crippen LogP contribution >= 0.6 is 0 Å². The molecule has 2 rings (SSSR count). The Hall–Kier alpha value is -3.14. The van der Waals surface area contributed by atoms with Crippen LogP contribution in [0.25, 0.3) is 0 Å². The molecule has 162 valence electrons. The molecular formula is C20H18F4O6. The molecule has 10 heteroatoms. The van der Waals surface area contributed by atoms with Crippen molar-refractivity contribution in [3.63, 3.8) is 0 Å². The number of aliphatic carboxylic acids is 1. The molecule has 6 nitrogen and oxygen atoms in total. The summed E-state index contributed by atoms with van der Waals surface area (Å²) in [5.74, 6) is -3.94. The molecule has 0 aliphatic rings. The highest BCUT2D eigenvalue weighted by Gasteiger charge is 2.44. The SMILES string of the molecule is COC(=O)c1ccc(C(O)C(Cc2cccc(OC(F)(F)C(F)F)c2)C(=O)O)cc1. The van der Waals surface area contributed by atoms with Gasteiger partial charge in [0, 0.05) is 0 Å². The van der Waals surface area contributed by atoms with Crippen molar-refractivity contribution < 1.29 is 46.8 Å². The van der Waals surface area contributed by atoms with E-state index in [4.69, 9.17) is 0 Å². The highest BCUT2D eigenvalue weighted by molar-refractivity contribution is 5.89. The Labute approximate surface area is 168 Å². The molecule has 2 aromatic rings. The molecule has 30 heavy (non-hydrogen) atoms. The lowest BCUT2D eigenvalue weighted by Crippen LogP contribution is -2.33. The summed E-state index contributed by atoms with van der Waals surface area (Å²) in [4.78, 5) is 23.1. The fourth-order valence-corrected chi connectivity index (χ4v) is 2.69. The molecule has 2 aromatic carbocycles. The summed E-state index contributed by atoms with van der Waals surface area (Å²) in [7, 11) is 1.20. The molecule has 2 N–H and O–H groups in total. The lowest BCUT2D eigenvalue weighted by molar-refractivity contribution is -0.253. The van der Waals surface area contributed by atoms with E-state index in [0.29, 0.717) is 0 Å². The smallest absolute Gasteiger partial charge is 0.461 e. The molecule has 2 atom stereocenters. The number of carboxylic acids is 1. The van der Waals surface area contributed by atoms with Crippen LogP contribution in [0.1, 0.15) is 27.6 Å². The van der Waals surface area contributed by atoms with E-state index in [9.17, 15) is 37.4 Å². The van der Waals surface area contributed by atoms with Crippen molar-refractivity contribution >= 4 is 11.9 Å². The molecular weight excluding hydrogens is 412 g/mol. The van der Waals surface area contributed by atoms with E-state index < -0.39 is 42.2 Å². The third-order valence-electron chi connectivity index (χ3n) is 4.23. The van der Waals surface area contributed by atoms with Crippen LogP contribution in [0.4, 0.5) is 17.6 Å². The van der Waals surface area contributed by atoms with E-state index >= 15 is 0 Å². The minimum absolute atomic E-state index is 0.176. The predicted octanol–water partition coefficient (Wildman–Crippen LogP) is 3.69. The highest BCUT2D eigenvalue weighted by atomic mass is 19.3. The zero-order valence-electron chi connectivity index (χ0n) is 15.6. The first-order chi connectivity index (χ1) is 14.0. The van der Waals surface area contributed by atoms with E-state index in [0.717, 1.165) is 12.1 Å². The number of carboxylic acid groups (broad SMARTS) is 1. The molecule has 0 aromatic heterocycles. The number of aliphatic hydroxyl groups excluding tert-OH is 1. The minimum atomic E-state index is -4.70. The summed E-state index contributed by atoms with van der Waals surface area (Å²) in [5.41, 5.74) is 0.576. The molecule has 0 radical (unpaired) electrons. The number of esters is 1. The fourth-order valence-electron chi connectivity index (χ4n) is 2.69. The number of aliphatic hydroxyl groups is 1. The van der Waals surface area contributed by atoms with Crippen LogP contribution in [-0.4, -0.2) is 41.8 Å². The van der Waals surface area contributed by atoms with Crippen molar-refractivity contribution in [2.45, 2.75) is 25.1 Å². The summed E-state index contributed by atoms with van der Waals surface area (Å²) in [6, 6.07) is 10.1. The normalized spacial score (nSPS) is 13.6. The number of alkyl halides is 4. The van der Waals surface area contributed by atoms with Crippen molar-refractivity contribution in [3.05, 3.63) is 65.2 Å². The number of rotatable bonds is 9. The van der Waals surface area contributed by atoms with Crippen molar-refractivity contribution in [1.29, 1.82) is 0 Å². The molecule has 0 aliphatic carbocycles. The van der Waals surface area contributed by atoms with Gasteiger partial charge in [0.15, 0.2) is 0 Å². The van der Waals surface area contributed by atoms with Crippen molar-refractivity contribution in [2.75, 3.05) is 7.11 Å². The van der Waals surface area contributed by atoms with Crippen LogP contribution in [0.15, 0.2) is 48.5 Å². The summed E-state index contributed by atoms with van der Waals surface area (Å²) in [5, 5.41) is 20.0. The predicted molar refractivity (Wildman–Crippen MR) is 95.6 cm³/mol. The van der Waals surface area contributed by atoms with Gasteiger partial charge in [-0.05, 0) is 41.8 Å². The molecule has 0 saturated heterocycles. The fraction of sp³-hybridized carbons (Fsp3) is 0.300. The number of carbonyl (C=O) groups is 2. The Morgan fingerprint density at radius 3 is 2.27 bits per heavy atom. The third-order valence-corrected chi connectivity index (χ3v) is 4.23. The van der Waals surface area contributed by atoms with Gasteiger partial charge in [0.2, 0.25) is 0 Å². The Bertz CT molecular complexity index is 885. The van der Waals surface area contributed by atoms with Gasteiger partial charge < -0.3 is 19.7 Å². The van der Waals surface area contributed by atoms with Crippen molar-refractivity contribution in [1.82, 2.24) is 0 Å². The van der Waals surface area contributed by atoms with E-state index in [1.54, 1.807) is 0 Å². The van der Waals surface area contributed by atoms with E-state index in [-0.39, 0.29) is 23.1 Å². The van der Waals surface area contributed by atoms with E-state index in [2.05, 4.69) is 9.47 Å². The second-order valence-electron chi connectivity index (χ2n) is 6.32. The first kappa shape index (κ1) is 23.1. The van der Waals surface area contributed by atoms with Crippen LogP contribution in [-0.2, 0) is 16.0 Å². The van der Waals surface area contributed by atoms with Crippen LogP contribution in [0.2, 0.25) is 0 Å². The summed E-state index contributed by atoms with van der Waals surface area (Å²) < 4.78 is 59.3. The van der Waals surface area contributed by atoms with Gasteiger partial charge in [0.25, 0.3) is 0 Å². The van der Waals surface area contributed by atoms with Gasteiger partial charge in [-0.25, -0.2) is 4.79 Å². The van der Waals surface area contributed by atoms with Crippen molar-refractivity contribution in [3.8, 4) is 5.75 Å². The van der Waals surface area contributed by atoms with Crippen LogP contribution in [0.5, 0.6) is 5.75 Å². The van der Waals surface area contributed by atoms with E-state index in [1.807, 2.05) is 0 Å². The van der Waals surface area contributed by atoms with Crippen LogP contribution in [0, 0.1) is 5.92 Å². The maximum atomic E-state index is 13.1. The monoisotopic (exact) mass is 430 g/mol. The highest BCUT2D eigenvalue weighted by Crippen LogP contribution is 2.30. The first-order valence-corrected chi connectivity index (χ1v) is 8.58. The lowest BCUT2D eigenvalue weighted by Gasteiger charge is -2.21. The molecule has 0 bridgehead atoms. The number of benzene rings is 2. The summed E-state index contributed by atoms with van der Waals surface area (Å²) in [6.07, 6.45) is -10.5. The molecule has 0 spiro atoms. The second-order valence-corrected chi connectivity index (χ2v) is 6.32. The van der Waals surface area contributed by atoms with Crippen molar-refractivity contribution in [2.24, 2.45) is 5.92 Å². The van der Waals surface area contributed by atoms with Gasteiger partial charge in [-0.15, -0.1) is 0 Å². The maximum Gasteiger partial charge on any atom is 0.461 e. The number of hydrogen-bond acceptors (Lipinski definition) is 5. The molecule has 0 fully saturated rings. The quantitative estimate of drug-likeness (QED) is 0.466. The number of methoxy groups -OCH3 is 1. The van der Waals surface area contributed by atoms with Crippen LogP contribution < -0.4 is 4.74 Å². The topological polar surface area (TPSA) is 93.1 Å². The standard InChI is InChI=1S/C20H18F4O6/c1-29-18(28)13-7-5-12(6-8-13)16(25)15(17(26)27)10-11-3-2-4-14(9-11)30-20(23,24)19(21)22/h2-9,15-16,19,25H,10H2,1H3,(H,26,27). The Balaban J connectivity index is 2.20. The van der Waals surface area contributed by atoms with Gasteiger partial charge >= 0.3 is 24.5 Å². The maximum absolute atomic E-state index is 13.1. The number of carbonyl (C=O) groups excluding carboxylic acids is 1. The van der Waals surface area contributed by atoms with Crippen LogP contribution in [0.3, 0.4) is 0 Å². The van der Waals surface area contributed by atoms with Gasteiger partial charge in [0.1, 0.15) is 5.75 Å².